The molecule has 2 heterocycles. The van der Waals surface area contributed by atoms with Crippen LogP contribution in [0.2, 0.25) is 0 Å². The second-order valence-electron chi connectivity index (χ2n) is 7.05. The minimum absolute atomic E-state index is 0.120. The predicted molar refractivity (Wildman–Crippen MR) is 107 cm³/mol. The first-order valence-corrected chi connectivity index (χ1v) is 9.74. The molecule has 1 aromatic carbocycles. The Morgan fingerprint density at radius 2 is 2.11 bits per heavy atom. The van der Waals surface area contributed by atoms with Gasteiger partial charge in [-0.1, -0.05) is 6.07 Å². The van der Waals surface area contributed by atoms with Crippen molar-refractivity contribution < 1.29 is 14.2 Å². The Kier molecular flexibility index (Phi) is 7.06. The van der Waals surface area contributed by atoms with Gasteiger partial charge in [0.15, 0.2) is 11.5 Å². The lowest BCUT2D eigenvalue weighted by molar-refractivity contribution is 0.178. The van der Waals surface area contributed by atoms with Crippen molar-refractivity contribution >= 4 is 0 Å². The number of methoxy groups -OCH3 is 2. The van der Waals surface area contributed by atoms with E-state index in [9.17, 15) is 4.79 Å². The molecule has 1 fully saturated rings. The van der Waals surface area contributed by atoms with Gasteiger partial charge in [0.25, 0.3) is 5.56 Å². The summed E-state index contributed by atoms with van der Waals surface area (Å²) in [5.74, 6) is 2.49. The monoisotopic (exact) mass is 387 g/mol. The zero-order chi connectivity index (χ0) is 19.9. The summed E-state index contributed by atoms with van der Waals surface area (Å²) in [6.07, 6.45) is 2.08. The molecule has 1 saturated heterocycles. The summed E-state index contributed by atoms with van der Waals surface area (Å²) in [7, 11) is 3.26. The molecule has 0 aliphatic carbocycles. The molecule has 2 aromatic rings. The van der Waals surface area contributed by atoms with Gasteiger partial charge in [0.05, 0.1) is 26.0 Å². The Morgan fingerprint density at radius 1 is 1.25 bits per heavy atom. The minimum Gasteiger partial charge on any atom is -0.493 e. The van der Waals surface area contributed by atoms with E-state index in [4.69, 9.17) is 14.2 Å². The predicted octanol–water partition coefficient (Wildman–Crippen LogP) is 2.70. The number of aromatic amines is 1. The molecule has 0 radical (unpaired) electrons. The SMILES string of the molecule is CCOc1cc(CN2CCC[C@H](c3nc(COC)cc(=O)[nH]3)C2)ccc1OC. The number of aromatic nitrogens is 2. The summed E-state index contributed by atoms with van der Waals surface area (Å²) in [6, 6.07) is 7.57. The molecule has 7 nitrogen and oxygen atoms in total. The van der Waals surface area contributed by atoms with Crippen LogP contribution in [0.15, 0.2) is 29.1 Å². The standard InChI is InChI=1S/C21H29N3O4/c1-4-28-19-10-15(7-8-18(19)27-3)12-24-9-5-6-16(13-24)21-22-17(14-26-2)11-20(25)23-21/h7-8,10-11,16H,4-6,9,12-14H2,1-3H3,(H,22,23,25)/t16-/m0/s1. The van der Waals surface area contributed by atoms with Gasteiger partial charge in [-0.05, 0) is 44.0 Å². The van der Waals surface area contributed by atoms with Crippen molar-refractivity contribution in [2.24, 2.45) is 0 Å². The minimum atomic E-state index is -0.120. The normalized spacial score (nSPS) is 17.5. The summed E-state index contributed by atoms with van der Waals surface area (Å²) in [5, 5.41) is 0. The molecule has 0 amide bonds. The summed E-state index contributed by atoms with van der Waals surface area (Å²) >= 11 is 0. The van der Waals surface area contributed by atoms with E-state index in [1.807, 2.05) is 19.1 Å². The first kappa shape index (κ1) is 20.4. The van der Waals surface area contributed by atoms with Gasteiger partial charge in [0.2, 0.25) is 0 Å². The van der Waals surface area contributed by atoms with Gasteiger partial charge in [-0.3, -0.25) is 9.69 Å². The molecule has 3 rings (SSSR count). The quantitative estimate of drug-likeness (QED) is 0.751. The lowest BCUT2D eigenvalue weighted by atomic mass is 9.96. The van der Waals surface area contributed by atoms with Crippen molar-refractivity contribution in [3.63, 3.8) is 0 Å². The molecular formula is C21H29N3O4. The fraction of sp³-hybridized carbons (Fsp3) is 0.524. The second kappa shape index (κ2) is 9.71. The molecule has 152 valence electrons. The largest absolute Gasteiger partial charge is 0.493 e. The van der Waals surface area contributed by atoms with Crippen molar-refractivity contribution in [1.29, 1.82) is 0 Å². The van der Waals surface area contributed by atoms with E-state index < -0.39 is 0 Å². The average Bonchev–Trinajstić information content (AvgIpc) is 2.69. The maximum absolute atomic E-state index is 12.0. The zero-order valence-electron chi connectivity index (χ0n) is 16.9. The fourth-order valence-corrected chi connectivity index (χ4v) is 3.71. The van der Waals surface area contributed by atoms with Crippen molar-refractivity contribution in [3.05, 3.63) is 51.7 Å². The van der Waals surface area contributed by atoms with Crippen LogP contribution in [0.25, 0.3) is 0 Å². The van der Waals surface area contributed by atoms with Crippen LogP contribution in [0.1, 0.15) is 42.8 Å². The average molecular weight is 387 g/mol. The van der Waals surface area contributed by atoms with Crippen molar-refractivity contribution in [2.75, 3.05) is 33.9 Å². The number of ether oxygens (including phenoxy) is 3. The molecule has 1 aliphatic heterocycles. The van der Waals surface area contributed by atoms with E-state index >= 15 is 0 Å². The van der Waals surface area contributed by atoms with Gasteiger partial charge in [-0.2, -0.15) is 0 Å². The molecular weight excluding hydrogens is 358 g/mol. The maximum Gasteiger partial charge on any atom is 0.251 e. The number of benzene rings is 1. The molecule has 1 aromatic heterocycles. The number of piperidine rings is 1. The highest BCUT2D eigenvalue weighted by Gasteiger charge is 2.24. The number of rotatable bonds is 8. The Bertz CT molecular complexity index is 837. The number of nitrogens with zero attached hydrogens (tertiary/aromatic N) is 2. The van der Waals surface area contributed by atoms with Crippen LogP contribution in [-0.2, 0) is 17.9 Å². The number of H-pyrrole nitrogens is 1. The molecule has 0 unspecified atom stereocenters. The smallest absolute Gasteiger partial charge is 0.251 e. The maximum atomic E-state index is 12.0. The summed E-state index contributed by atoms with van der Waals surface area (Å²) in [6.45, 7) is 5.61. The third kappa shape index (κ3) is 5.11. The van der Waals surface area contributed by atoms with Gasteiger partial charge >= 0.3 is 0 Å². The van der Waals surface area contributed by atoms with Gasteiger partial charge in [0.1, 0.15) is 5.82 Å². The molecule has 0 bridgehead atoms. The highest BCUT2D eigenvalue weighted by Crippen LogP contribution is 2.30. The van der Waals surface area contributed by atoms with Crippen LogP contribution < -0.4 is 15.0 Å². The highest BCUT2D eigenvalue weighted by molar-refractivity contribution is 5.43. The third-order valence-corrected chi connectivity index (χ3v) is 4.93. The number of likely N-dealkylation sites (tertiary alicyclic amines) is 1. The fourth-order valence-electron chi connectivity index (χ4n) is 3.71. The Balaban J connectivity index is 1.72. The van der Waals surface area contributed by atoms with E-state index in [1.54, 1.807) is 14.2 Å². The number of hydrogen-bond acceptors (Lipinski definition) is 6. The first-order chi connectivity index (χ1) is 13.6. The molecule has 1 N–H and O–H groups in total. The molecule has 0 saturated carbocycles. The summed E-state index contributed by atoms with van der Waals surface area (Å²) in [5.41, 5.74) is 1.74. The van der Waals surface area contributed by atoms with Gasteiger partial charge in [0, 0.05) is 32.2 Å². The zero-order valence-corrected chi connectivity index (χ0v) is 16.9. The summed E-state index contributed by atoms with van der Waals surface area (Å²) < 4.78 is 16.2. The Labute approximate surface area is 165 Å². The highest BCUT2D eigenvalue weighted by atomic mass is 16.5. The number of hydrogen-bond donors (Lipinski definition) is 1. The van der Waals surface area contributed by atoms with Gasteiger partial charge in [-0.15, -0.1) is 0 Å². The van der Waals surface area contributed by atoms with Crippen LogP contribution in [0.5, 0.6) is 11.5 Å². The Morgan fingerprint density at radius 3 is 2.86 bits per heavy atom. The van der Waals surface area contributed by atoms with Crippen LogP contribution >= 0.6 is 0 Å². The molecule has 1 aliphatic rings. The number of nitrogens with one attached hydrogen (secondary N) is 1. The second-order valence-corrected chi connectivity index (χ2v) is 7.05. The van der Waals surface area contributed by atoms with E-state index in [0.717, 1.165) is 49.8 Å². The third-order valence-electron chi connectivity index (χ3n) is 4.93. The van der Waals surface area contributed by atoms with Gasteiger partial charge < -0.3 is 19.2 Å². The van der Waals surface area contributed by atoms with Crippen LogP contribution in [-0.4, -0.2) is 48.8 Å². The molecule has 28 heavy (non-hydrogen) atoms. The lowest BCUT2D eigenvalue weighted by Crippen LogP contribution is -2.35. The van der Waals surface area contributed by atoms with Crippen LogP contribution in [0, 0.1) is 0 Å². The van der Waals surface area contributed by atoms with Crippen LogP contribution in [0.4, 0.5) is 0 Å². The Hall–Kier alpha value is -2.38. The van der Waals surface area contributed by atoms with E-state index in [-0.39, 0.29) is 11.5 Å². The molecule has 0 spiro atoms. The lowest BCUT2D eigenvalue weighted by Gasteiger charge is -2.32. The first-order valence-electron chi connectivity index (χ1n) is 9.74. The van der Waals surface area contributed by atoms with Crippen LogP contribution in [0.3, 0.4) is 0 Å². The van der Waals surface area contributed by atoms with Crippen molar-refractivity contribution in [1.82, 2.24) is 14.9 Å². The van der Waals surface area contributed by atoms with E-state index in [0.29, 0.717) is 18.9 Å². The topological polar surface area (TPSA) is 76.7 Å². The molecule has 7 heteroatoms. The molecule has 1 atom stereocenters. The van der Waals surface area contributed by atoms with Crippen molar-refractivity contribution in [3.8, 4) is 11.5 Å². The van der Waals surface area contributed by atoms with Crippen molar-refractivity contribution in [2.45, 2.75) is 38.8 Å². The van der Waals surface area contributed by atoms with E-state index in [2.05, 4.69) is 20.9 Å². The van der Waals surface area contributed by atoms with Gasteiger partial charge in [-0.25, -0.2) is 4.98 Å². The summed E-state index contributed by atoms with van der Waals surface area (Å²) in [4.78, 5) is 21.9. The van der Waals surface area contributed by atoms with E-state index in [1.165, 1.54) is 11.6 Å².